The molecular weight excluding hydrogens is 426 g/mol. The Morgan fingerprint density at radius 2 is 1.80 bits per heavy atom. The predicted molar refractivity (Wildman–Crippen MR) is 114 cm³/mol. The summed E-state index contributed by atoms with van der Waals surface area (Å²) in [5, 5.41) is 11.7. The van der Waals surface area contributed by atoms with E-state index in [9.17, 15) is 14.4 Å². The Bertz CT molecular complexity index is 1410. The number of hydrogen-bond donors (Lipinski definition) is 1. The summed E-state index contributed by atoms with van der Waals surface area (Å²) in [4.78, 5) is 41.5. The Hall–Kier alpha value is -3.25. The van der Waals surface area contributed by atoms with Crippen LogP contribution in [-0.4, -0.2) is 34.8 Å². The minimum atomic E-state index is -0.445. The van der Waals surface area contributed by atoms with E-state index in [-0.39, 0.29) is 5.91 Å². The molecule has 0 bridgehead atoms. The van der Waals surface area contributed by atoms with Gasteiger partial charge in [0, 0.05) is 26.7 Å². The maximum Gasteiger partial charge on any atom is 0.332 e. The van der Waals surface area contributed by atoms with Gasteiger partial charge in [-0.15, -0.1) is 10.2 Å². The molecule has 0 atom stereocenters. The monoisotopic (exact) mass is 443 g/mol. The van der Waals surface area contributed by atoms with E-state index in [0.29, 0.717) is 31.4 Å². The van der Waals surface area contributed by atoms with Crippen LogP contribution in [0.5, 0.6) is 0 Å². The van der Waals surface area contributed by atoms with Gasteiger partial charge < -0.3 is 4.57 Å². The number of aryl methyl sites for hydroxylation is 3. The van der Waals surface area contributed by atoms with Crippen molar-refractivity contribution in [3.8, 4) is 0 Å². The molecule has 1 aromatic carbocycles. The second-order valence-electron chi connectivity index (χ2n) is 6.58. The quantitative estimate of drug-likeness (QED) is 0.476. The largest absolute Gasteiger partial charge is 0.332 e. The molecule has 0 saturated heterocycles. The molecule has 0 spiro atoms. The summed E-state index contributed by atoms with van der Waals surface area (Å²) in [5.74, 6) is -0.262. The van der Waals surface area contributed by atoms with Gasteiger partial charge >= 0.3 is 5.69 Å². The van der Waals surface area contributed by atoms with Gasteiger partial charge in [-0.1, -0.05) is 29.5 Å². The van der Waals surface area contributed by atoms with Crippen LogP contribution in [0.3, 0.4) is 0 Å². The number of imidazole rings is 1. The van der Waals surface area contributed by atoms with Crippen LogP contribution in [0.2, 0.25) is 0 Å². The lowest BCUT2D eigenvalue weighted by Gasteiger charge is -2.03. The molecule has 3 heterocycles. The number of hydrogen-bond acceptors (Lipinski definition) is 8. The van der Waals surface area contributed by atoms with E-state index in [4.69, 9.17) is 0 Å². The van der Waals surface area contributed by atoms with E-state index in [2.05, 4.69) is 20.5 Å². The second-order valence-corrected chi connectivity index (χ2v) is 8.77. The van der Waals surface area contributed by atoms with E-state index < -0.39 is 11.2 Å². The Morgan fingerprint density at radius 1 is 1.07 bits per heavy atom. The number of nitrogens with zero attached hydrogens (tertiary/aromatic N) is 6. The lowest BCUT2D eigenvalue weighted by molar-refractivity contribution is 0.102. The summed E-state index contributed by atoms with van der Waals surface area (Å²) >= 11 is 2.39. The fraction of sp³-hybridized carbons (Fsp3) is 0.222. The molecule has 0 aliphatic carbocycles. The first-order valence-corrected chi connectivity index (χ1v) is 10.4. The molecule has 0 fully saturated rings. The summed E-state index contributed by atoms with van der Waals surface area (Å²) in [7, 11) is 4.69. The van der Waals surface area contributed by atoms with Crippen molar-refractivity contribution in [1.29, 1.82) is 0 Å². The van der Waals surface area contributed by atoms with Crippen LogP contribution in [0.4, 0.5) is 5.13 Å². The van der Waals surface area contributed by atoms with Crippen LogP contribution >= 0.6 is 23.1 Å². The molecule has 1 amide bonds. The van der Waals surface area contributed by atoms with Crippen LogP contribution in [0.1, 0.15) is 15.9 Å². The minimum Gasteiger partial charge on any atom is -0.316 e. The van der Waals surface area contributed by atoms with Crippen LogP contribution in [0.15, 0.2) is 43.4 Å². The maximum atomic E-state index is 12.5. The third-order valence-electron chi connectivity index (χ3n) is 4.63. The number of aromatic nitrogens is 6. The van der Waals surface area contributed by atoms with Crippen molar-refractivity contribution in [3.63, 3.8) is 0 Å². The summed E-state index contributed by atoms with van der Waals surface area (Å²) in [6.07, 6.45) is 0. The first-order chi connectivity index (χ1) is 14.3. The first kappa shape index (κ1) is 20.0. The van der Waals surface area contributed by atoms with Gasteiger partial charge in [-0.3, -0.25) is 24.0 Å². The zero-order valence-corrected chi connectivity index (χ0v) is 18.2. The van der Waals surface area contributed by atoms with Gasteiger partial charge in [-0.25, -0.2) is 9.78 Å². The molecule has 0 aliphatic rings. The number of benzene rings is 1. The fourth-order valence-electron chi connectivity index (χ4n) is 2.96. The van der Waals surface area contributed by atoms with Crippen LogP contribution in [0, 0.1) is 6.92 Å². The predicted octanol–water partition coefficient (Wildman–Crippen LogP) is 1.53. The molecule has 4 aromatic rings. The third-order valence-corrected chi connectivity index (χ3v) is 6.57. The zero-order valence-electron chi connectivity index (χ0n) is 16.5. The zero-order chi connectivity index (χ0) is 21.6. The average molecular weight is 444 g/mol. The third kappa shape index (κ3) is 3.33. The molecule has 0 unspecified atom stereocenters. The topological polar surface area (TPSA) is 117 Å². The number of rotatable bonds is 4. The number of nitrogens with one attached hydrogen (secondary N) is 1. The molecule has 154 valence electrons. The molecule has 12 heteroatoms. The lowest BCUT2D eigenvalue weighted by Crippen LogP contribution is -2.37. The van der Waals surface area contributed by atoms with E-state index in [1.165, 1.54) is 34.7 Å². The number of carbonyl (C=O) groups excluding carboxylic acids is 1. The molecule has 0 aliphatic heterocycles. The van der Waals surface area contributed by atoms with Gasteiger partial charge in [0.15, 0.2) is 20.7 Å². The molecule has 4 rings (SSSR count). The fourth-order valence-corrected chi connectivity index (χ4v) is 4.66. The Morgan fingerprint density at radius 3 is 2.53 bits per heavy atom. The van der Waals surface area contributed by atoms with Crippen molar-refractivity contribution >= 4 is 45.3 Å². The Balaban J connectivity index is 1.62. The van der Waals surface area contributed by atoms with Crippen LogP contribution in [0.25, 0.3) is 11.2 Å². The van der Waals surface area contributed by atoms with Gasteiger partial charge in [0.05, 0.1) is 0 Å². The van der Waals surface area contributed by atoms with E-state index in [0.717, 1.165) is 10.1 Å². The van der Waals surface area contributed by atoms with Gasteiger partial charge in [-0.2, -0.15) is 0 Å². The van der Waals surface area contributed by atoms with Gasteiger partial charge in [-0.05, 0) is 30.3 Å². The number of anilines is 1. The van der Waals surface area contributed by atoms with Gasteiger partial charge in [0.2, 0.25) is 5.13 Å². The van der Waals surface area contributed by atoms with Gasteiger partial charge in [0.1, 0.15) is 0 Å². The highest BCUT2D eigenvalue weighted by Crippen LogP contribution is 2.32. The average Bonchev–Trinajstić information content (AvgIpc) is 3.29. The van der Waals surface area contributed by atoms with E-state index in [1.54, 1.807) is 30.8 Å². The summed E-state index contributed by atoms with van der Waals surface area (Å²) in [6, 6.07) is 7.27. The molecule has 3 aromatic heterocycles. The lowest BCUT2D eigenvalue weighted by atomic mass is 10.1. The summed E-state index contributed by atoms with van der Waals surface area (Å²) < 4.78 is 4.53. The number of carbonyl (C=O) groups is 1. The summed E-state index contributed by atoms with van der Waals surface area (Å²) in [5.41, 5.74) is 1.18. The molecule has 30 heavy (non-hydrogen) atoms. The number of amides is 1. The second kappa shape index (κ2) is 7.54. The van der Waals surface area contributed by atoms with Crippen LogP contribution < -0.4 is 16.6 Å². The highest BCUT2D eigenvalue weighted by Gasteiger charge is 2.19. The van der Waals surface area contributed by atoms with Crippen LogP contribution in [-0.2, 0) is 21.1 Å². The molecule has 10 nitrogen and oxygen atoms in total. The summed E-state index contributed by atoms with van der Waals surface area (Å²) in [6.45, 7) is 1.86. The van der Waals surface area contributed by atoms with Crippen molar-refractivity contribution < 1.29 is 4.79 Å². The SMILES string of the molecule is Cc1ccccc1C(=O)Nc1nnc(Sc2nc3c(c(=O)n(C)c(=O)n3C)n2C)s1. The molecule has 0 radical (unpaired) electrons. The molecule has 1 N–H and O–H groups in total. The standard InChI is InChI=1S/C18H17N7O3S2/c1-9-7-5-6-8-10(9)13(26)20-15-21-22-17(29-15)30-16-19-12-11(23(16)2)14(27)25(4)18(28)24(12)3/h5-8H,1-4H3,(H,20,21,26). The van der Waals surface area contributed by atoms with E-state index in [1.807, 2.05) is 19.1 Å². The molecule has 0 saturated carbocycles. The van der Waals surface area contributed by atoms with Crippen molar-refractivity contribution in [3.05, 3.63) is 56.2 Å². The smallest absolute Gasteiger partial charge is 0.316 e. The molecular formula is C18H17N7O3S2. The highest BCUT2D eigenvalue weighted by molar-refractivity contribution is 8.01. The highest BCUT2D eigenvalue weighted by atomic mass is 32.2. The normalized spacial score (nSPS) is 11.2. The first-order valence-electron chi connectivity index (χ1n) is 8.78. The number of fused-ring (bicyclic) bond motifs is 1. The maximum absolute atomic E-state index is 12.5. The van der Waals surface area contributed by atoms with Crippen molar-refractivity contribution in [2.24, 2.45) is 21.1 Å². The van der Waals surface area contributed by atoms with E-state index >= 15 is 0 Å². The minimum absolute atomic E-state index is 0.262. The Kier molecular flexibility index (Phi) is 5.03. The van der Waals surface area contributed by atoms with Crippen molar-refractivity contribution in [2.75, 3.05) is 5.32 Å². The van der Waals surface area contributed by atoms with Gasteiger partial charge in [0.25, 0.3) is 11.5 Å². The Labute approximate surface area is 178 Å². The van der Waals surface area contributed by atoms with Crippen molar-refractivity contribution in [2.45, 2.75) is 16.4 Å². The van der Waals surface area contributed by atoms with Crippen molar-refractivity contribution in [1.82, 2.24) is 28.9 Å².